The van der Waals surface area contributed by atoms with Gasteiger partial charge in [0.25, 0.3) is 5.91 Å². The molecule has 0 aliphatic carbocycles. The first-order valence-corrected chi connectivity index (χ1v) is 8.03. The van der Waals surface area contributed by atoms with Crippen LogP contribution in [0.25, 0.3) is 0 Å². The van der Waals surface area contributed by atoms with Crippen molar-refractivity contribution in [1.82, 2.24) is 15.2 Å². The number of rotatable bonds is 4. The van der Waals surface area contributed by atoms with Crippen LogP contribution in [0.5, 0.6) is 0 Å². The Labute approximate surface area is 127 Å². The first kappa shape index (κ1) is 16.0. The molecule has 0 aromatic carbocycles. The average molecular weight is 289 g/mol. The molecule has 0 radical (unpaired) electrons. The summed E-state index contributed by atoms with van der Waals surface area (Å²) in [6.07, 6.45) is 2.14. The van der Waals surface area contributed by atoms with Crippen LogP contribution in [0.3, 0.4) is 0 Å². The molecule has 1 aromatic rings. The number of carbonyl (C=O) groups is 1. The quantitative estimate of drug-likeness (QED) is 0.926. The molecule has 0 bridgehead atoms. The van der Waals surface area contributed by atoms with Crippen LogP contribution in [0.1, 0.15) is 48.4 Å². The van der Waals surface area contributed by atoms with Crippen molar-refractivity contribution < 1.29 is 4.79 Å². The Morgan fingerprint density at radius 2 is 2.14 bits per heavy atom. The molecule has 1 N–H and O–H groups in total. The summed E-state index contributed by atoms with van der Waals surface area (Å²) >= 11 is 0. The molecule has 2 atom stereocenters. The highest BCUT2D eigenvalue weighted by Gasteiger charge is 2.30. The molecule has 1 aromatic heterocycles. The van der Waals surface area contributed by atoms with Crippen LogP contribution in [0.2, 0.25) is 0 Å². The third-order valence-electron chi connectivity index (χ3n) is 4.47. The molecule has 1 aliphatic heterocycles. The molecular formula is C17H27N3O. The summed E-state index contributed by atoms with van der Waals surface area (Å²) < 4.78 is 0. The Balaban J connectivity index is 2.10. The van der Waals surface area contributed by atoms with Gasteiger partial charge in [-0.25, -0.2) is 0 Å². The molecule has 4 nitrogen and oxygen atoms in total. The summed E-state index contributed by atoms with van der Waals surface area (Å²) in [6, 6.07) is 4.38. The fourth-order valence-corrected chi connectivity index (χ4v) is 3.24. The number of hydrogen-bond donors (Lipinski definition) is 1. The Hall–Kier alpha value is -1.42. The second kappa shape index (κ2) is 7.03. The van der Waals surface area contributed by atoms with Crippen molar-refractivity contribution in [3.05, 3.63) is 29.1 Å². The monoisotopic (exact) mass is 289 g/mol. The number of nitrogens with zero attached hydrogens (tertiary/aromatic N) is 2. The van der Waals surface area contributed by atoms with Crippen molar-refractivity contribution in [3.63, 3.8) is 0 Å². The molecule has 116 valence electrons. The van der Waals surface area contributed by atoms with E-state index in [2.05, 4.69) is 24.1 Å². The van der Waals surface area contributed by atoms with Crippen molar-refractivity contribution in [3.8, 4) is 0 Å². The Morgan fingerprint density at radius 3 is 2.76 bits per heavy atom. The highest BCUT2D eigenvalue weighted by atomic mass is 16.2. The molecular weight excluding hydrogens is 262 g/mol. The van der Waals surface area contributed by atoms with Crippen LogP contribution in [-0.2, 0) is 0 Å². The van der Waals surface area contributed by atoms with Gasteiger partial charge >= 0.3 is 0 Å². The summed E-state index contributed by atoms with van der Waals surface area (Å²) in [7, 11) is 0. The van der Waals surface area contributed by atoms with Gasteiger partial charge in [0.1, 0.15) is 0 Å². The van der Waals surface area contributed by atoms with Gasteiger partial charge in [-0.3, -0.25) is 9.78 Å². The lowest BCUT2D eigenvalue weighted by Crippen LogP contribution is -2.51. The van der Waals surface area contributed by atoms with E-state index in [1.165, 1.54) is 0 Å². The lowest BCUT2D eigenvalue weighted by Gasteiger charge is -2.38. The van der Waals surface area contributed by atoms with E-state index in [9.17, 15) is 4.79 Å². The molecule has 1 aliphatic rings. The van der Waals surface area contributed by atoms with Gasteiger partial charge in [0, 0.05) is 24.8 Å². The van der Waals surface area contributed by atoms with E-state index >= 15 is 0 Å². The normalized spacial score (nSPS) is 22.4. The Morgan fingerprint density at radius 1 is 1.38 bits per heavy atom. The first-order valence-electron chi connectivity index (χ1n) is 8.03. The van der Waals surface area contributed by atoms with E-state index in [-0.39, 0.29) is 5.91 Å². The van der Waals surface area contributed by atoms with Gasteiger partial charge in [0.2, 0.25) is 0 Å². The van der Waals surface area contributed by atoms with E-state index in [0.717, 1.165) is 49.4 Å². The second-order valence-electron chi connectivity index (χ2n) is 5.96. The molecule has 0 spiro atoms. The van der Waals surface area contributed by atoms with Gasteiger partial charge in [0.05, 0.1) is 11.3 Å². The number of piperidine rings is 1. The maximum atomic E-state index is 12.7. The standard InChI is InChI=1S/C17H27N3O/c1-5-14-11-20(10-9-16(14)18-6-2)17(21)15-8-7-12(3)19-13(15)4/h7-8,14,16,18H,5-6,9-11H2,1-4H3. The lowest BCUT2D eigenvalue weighted by molar-refractivity contribution is 0.0627. The smallest absolute Gasteiger partial charge is 0.255 e. The number of hydrogen-bond acceptors (Lipinski definition) is 3. The van der Waals surface area contributed by atoms with Crippen molar-refractivity contribution in [2.45, 2.75) is 46.6 Å². The zero-order valence-electron chi connectivity index (χ0n) is 13.6. The number of aromatic nitrogens is 1. The minimum Gasteiger partial charge on any atom is -0.338 e. The minimum absolute atomic E-state index is 0.133. The van der Waals surface area contributed by atoms with Crippen molar-refractivity contribution in [2.75, 3.05) is 19.6 Å². The van der Waals surface area contributed by atoms with Crippen LogP contribution in [-0.4, -0.2) is 41.5 Å². The number of aryl methyl sites for hydroxylation is 2. The predicted octanol–water partition coefficient (Wildman–Crippen LogP) is 2.55. The van der Waals surface area contributed by atoms with Gasteiger partial charge in [-0.15, -0.1) is 0 Å². The number of amides is 1. The average Bonchev–Trinajstić information content (AvgIpc) is 2.47. The van der Waals surface area contributed by atoms with E-state index < -0.39 is 0 Å². The van der Waals surface area contributed by atoms with Gasteiger partial charge in [-0.2, -0.15) is 0 Å². The van der Waals surface area contributed by atoms with E-state index in [0.29, 0.717) is 12.0 Å². The summed E-state index contributed by atoms with van der Waals surface area (Å²) in [4.78, 5) is 19.1. The molecule has 21 heavy (non-hydrogen) atoms. The maximum Gasteiger partial charge on any atom is 0.255 e. The Kier molecular flexibility index (Phi) is 5.34. The maximum absolute atomic E-state index is 12.7. The van der Waals surface area contributed by atoms with E-state index in [4.69, 9.17) is 0 Å². The molecule has 2 heterocycles. The van der Waals surface area contributed by atoms with Crippen LogP contribution in [0, 0.1) is 19.8 Å². The molecule has 0 saturated carbocycles. The van der Waals surface area contributed by atoms with Gasteiger partial charge in [0.15, 0.2) is 0 Å². The molecule has 1 fully saturated rings. The largest absolute Gasteiger partial charge is 0.338 e. The van der Waals surface area contributed by atoms with Crippen LogP contribution in [0.15, 0.2) is 12.1 Å². The highest BCUT2D eigenvalue weighted by molar-refractivity contribution is 5.95. The number of pyridine rings is 1. The Bertz CT molecular complexity index is 501. The minimum atomic E-state index is 0.133. The molecule has 1 amide bonds. The van der Waals surface area contributed by atoms with Gasteiger partial charge in [-0.1, -0.05) is 20.3 Å². The number of carbonyl (C=O) groups excluding carboxylic acids is 1. The van der Waals surface area contributed by atoms with Gasteiger partial charge < -0.3 is 10.2 Å². The van der Waals surface area contributed by atoms with Crippen molar-refractivity contribution in [2.24, 2.45) is 5.92 Å². The lowest BCUT2D eigenvalue weighted by atomic mass is 9.89. The topological polar surface area (TPSA) is 45.2 Å². The van der Waals surface area contributed by atoms with Crippen molar-refractivity contribution >= 4 is 5.91 Å². The number of likely N-dealkylation sites (tertiary alicyclic amines) is 1. The highest BCUT2D eigenvalue weighted by Crippen LogP contribution is 2.22. The predicted molar refractivity (Wildman–Crippen MR) is 85.5 cm³/mol. The fourth-order valence-electron chi connectivity index (χ4n) is 3.24. The van der Waals surface area contributed by atoms with Crippen LogP contribution >= 0.6 is 0 Å². The van der Waals surface area contributed by atoms with E-state index in [1.807, 2.05) is 30.9 Å². The summed E-state index contributed by atoms with van der Waals surface area (Å²) in [6.45, 7) is 10.9. The zero-order chi connectivity index (χ0) is 15.4. The summed E-state index contributed by atoms with van der Waals surface area (Å²) in [5.41, 5.74) is 2.54. The zero-order valence-corrected chi connectivity index (χ0v) is 13.6. The third kappa shape index (κ3) is 3.62. The SMILES string of the molecule is CCNC1CCN(C(=O)c2ccc(C)nc2C)CC1CC. The second-order valence-corrected chi connectivity index (χ2v) is 5.96. The van der Waals surface area contributed by atoms with E-state index in [1.54, 1.807) is 0 Å². The van der Waals surface area contributed by atoms with Crippen LogP contribution < -0.4 is 5.32 Å². The van der Waals surface area contributed by atoms with Crippen molar-refractivity contribution in [1.29, 1.82) is 0 Å². The first-order chi connectivity index (χ1) is 10.1. The van der Waals surface area contributed by atoms with Crippen LogP contribution in [0.4, 0.5) is 0 Å². The fraction of sp³-hybridized carbons (Fsp3) is 0.647. The summed E-state index contributed by atoms with van der Waals surface area (Å²) in [5.74, 6) is 0.676. The summed E-state index contributed by atoms with van der Waals surface area (Å²) in [5, 5.41) is 3.55. The third-order valence-corrected chi connectivity index (χ3v) is 4.47. The molecule has 2 rings (SSSR count). The molecule has 4 heteroatoms. The number of nitrogens with one attached hydrogen (secondary N) is 1. The molecule has 1 saturated heterocycles. The van der Waals surface area contributed by atoms with Gasteiger partial charge in [-0.05, 0) is 44.9 Å². The molecule has 2 unspecified atom stereocenters.